The summed E-state index contributed by atoms with van der Waals surface area (Å²) in [5.74, 6) is 0.0847. The summed E-state index contributed by atoms with van der Waals surface area (Å²) in [7, 11) is 0. The molecule has 0 radical (unpaired) electrons. The van der Waals surface area contributed by atoms with Crippen LogP contribution < -0.4 is 14.9 Å². The third-order valence-corrected chi connectivity index (χ3v) is 8.70. The summed E-state index contributed by atoms with van der Waals surface area (Å²) in [6.07, 6.45) is 3.45. The second-order valence-electron chi connectivity index (χ2n) is 8.49. The minimum absolute atomic E-state index is 0.0847. The number of benzene rings is 3. The molecule has 35 heavy (non-hydrogen) atoms. The van der Waals surface area contributed by atoms with Crippen molar-refractivity contribution in [1.29, 1.82) is 0 Å². The number of aromatic hydroxyl groups is 1. The fourth-order valence-electron chi connectivity index (χ4n) is 4.80. The summed E-state index contributed by atoms with van der Waals surface area (Å²) >= 11 is 14.4. The zero-order chi connectivity index (χ0) is 24.3. The SMILES string of the molecule is O=c1/c(=C\c2cc(Br)cc(Br)c2O)sc2n1C(c1ccc(Cl)cc1)C1=C(N=2)c2ccccc2CC1. The maximum atomic E-state index is 13.8. The zero-order valence-electron chi connectivity index (χ0n) is 18.1. The highest BCUT2D eigenvalue weighted by Crippen LogP contribution is 2.41. The molecular weight excluding hydrogens is 612 g/mol. The Morgan fingerprint density at radius 1 is 1.09 bits per heavy atom. The van der Waals surface area contributed by atoms with E-state index in [1.165, 1.54) is 16.9 Å². The van der Waals surface area contributed by atoms with Crippen LogP contribution in [-0.4, -0.2) is 9.67 Å². The molecule has 2 heterocycles. The van der Waals surface area contributed by atoms with E-state index in [2.05, 4.69) is 50.1 Å². The molecule has 6 rings (SSSR count). The lowest BCUT2D eigenvalue weighted by molar-refractivity contribution is 0.470. The van der Waals surface area contributed by atoms with Gasteiger partial charge in [-0.25, -0.2) is 4.99 Å². The predicted octanol–water partition coefficient (Wildman–Crippen LogP) is 6.20. The summed E-state index contributed by atoms with van der Waals surface area (Å²) in [4.78, 5) is 19.5. The molecule has 1 aliphatic heterocycles. The fourth-order valence-corrected chi connectivity index (χ4v) is 7.18. The first-order valence-corrected chi connectivity index (χ1v) is 13.8. The minimum atomic E-state index is -0.267. The van der Waals surface area contributed by atoms with Crippen molar-refractivity contribution in [1.82, 2.24) is 4.57 Å². The Kier molecular flexibility index (Phi) is 5.84. The van der Waals surface area contributed by atoms with E-state index in [-0.39, 0.29) is 17.4 Å². The molecule has 1 unspecified atom stereocenters. The Balaban J connectivity index is 1.64. The van der Waals surface area contributed by atoms with Gasteiger partial charge in [0, 0.05) is 20.6 Å². The molecule has 0 saturated heterocycles. The van der Waals surface area contributed by atoms with Crippen molar-refractivity contribution in [3.05, 3.63) is 122 Å². The predicted molar refractivity (Wildman–Crippen MR) is 148 cm³/mol. The van der Waals surface area contributed by atoms with E-state index in [4.69, 9.17) is 16.6 Å². The van der Waals surface area contributed by atoms with E-state index in [1.807, 2.05) is 30.3 Å². The number of allylic oxidation sites excluding steroid dienone is 1. The van der Waals surface area contributed by atoms with Gasteiger partial charge >= 0.3 is 0 Å². The lowest BCUT2D eigenvalue weighted by Crippen LogP contribution is -2.38. The number of rotatable bonds is 2. The van der Waals surface area contributed by atoms with Crippen LogP contribution >= 0.6 is 54.8 Å². The maximum Gasteiger partial charge on any atom is 0.271 e. The molecule has 8 heteroatoms. The van der Waals surface area contributed by atoms with Gasteiger partial charge in [-0.3, -0.25) is 9.36 Å². The minimum Gasteiger partial charge on any atom is -0.506 e. The van der Waals surface area contributed by atoms with Crippen LogP contribution in [0.4, 0.5) is 0 Å². The molecule has 4 aromatic rings. The number of hydrogen-bond acceptors (Lipinski definition) is 4. The van der Waals surface area contributed by atoms with E-state index >= 15 is 0 Å². The zero-order valence-corrected chi connectivity index (χ0v) is 22.9. The molecule has 1 aromatic heterocycles. The molecule has 0 bridgehead atoms. The van der Waals surface area contributed by atoms with Crippen molar-refractivity contribution in [3.63, 3.8) is 0 Å². The molecule has 1 aliphatic carbocycles. The van der Waals surface area contributed by atoms with Crippen LogP contribution in [0.2, 0.25) is 5.02 Å². The largest absolute Gasteiger partial charge is 0.506 e. The molecule has 4 nitrogen and oxygen atoms in total. The molecule has 3 aromatic carbocycles. The van der Waals surface area contributed by atoms with Gasteiger partial charge in [0.25, 0.3) is 5.56 Å². The first-order valence-electron chi connectivity index (χ1n) is 11.0. The number of fused-ring (bicyclic) bond motifs is 3. The van der Waals surface area contributed by atoms with Gasteiger partial charge in [-0.1, -0.05) is 75.3 Å². The van der Waals surface area contributed by atoms with Crippen LogP contribution in [0.25, 0.3) is 11.8 Å². The van der Waals surface area contributed by atoms with Crippen LogP contribution in [0.15, 0.2) is 85.0 Å². The number of phenolic OH excluding ortho intramolecular Hbond substituents is 1. The van der Waals surface area contributed by atoms with Crippen LogP contribution in [0, 0.1) is 0 Å². The number of nitrogens with zero attached hydrogens (tertiary/aromatic N) is 2. The smallest absolute Gasteiger partial charge is 0.271 e. The van der Waals surface area contributed by atoms with Crippen LogP contribution in [0.1, 0.15) is 34.7 Å². The Morgan fingerprint density at radius 3 is 2.66 bits per heavy atom. The van der Waals surface area contributed by atoms with E-state index in [9.17, 15) is 9.90 Å². The normalized spacial score (nSPS) is 17.0. The van der Waals surface area contributed by atoms with Gasteiger partial charge in [-0.05, 0) is 75.8 Å². The quantitative estimate of drug-likeness (QED) is 0.288. The van der Waals surface area contributed by atoms with E-state index < -0.39 is 0 Å². The molecular formula is C27H17Br2ClN2O2S. The molecule has 2 aliphatic rings. The van der Waals surface area contributed by atoms with Crippen molar-refractivity contribution in [2.45, 2.75) is 18.9 Å². The first kappa shape index (κ1) is 23.0. The topological polar surface area (TPSA) is 54.6 Å². The van der Waals surface area contributed by atoms with Gasteiger partial charge in [0.05, 0.1) is 20.7 Å². The first-order chi connectivity index (χ1) is 16.9. The van der Waals surface area contributed by atoms with Gasteiger partial charge < -0.3 is 5.11 Å². The lowest BCUT2D eigenvalue weighted by Gasteiger charge is -2.30. The average molecular weight is 629 g/mol. The number of thiazole rings is 1. The number of phenols is 1. The highest BCUT2D eigenvalue weighted by Gasteiger charge is 2.32. The standard InChI is InChI=1S/C27H17Br2ClN2O2S/c28-17-11-16(25(33)21(29)13-17)12-22-26(34)32-24(15-5-8-18(30)9-6-15)20-10-7-14-3-1-2-4-19(14)23(20)31-27(32)35-22/h1-6,8-9,11-13,24,33H,7,10H2/b22-12+. The Hall–Kier alpha value is -2.45. The average Bonchev–Trinajstić information content (AvgIpc) is 3.16. The lowest BCUT2D eigenvalue weighted by atomic mass is 9.83. The highest BCUT2D eigenvalue weighted by atomic mass is 79.9. The number of hydrogen-bond donors (Lipinski definition) is 1. The Labute approximate surface area is 226 Å². The summed E-state index contributed by atoms with van der Waals surface area (Å²) < 4.78 is 3.65. The van der Waals surface area contributed by atoms with Gasteiger partial charge in [-0.15, -0.1) is 0 Å². The fraction of sp³-hybridized carbons (Fsp3) is 0.111. The second-order valence-corrected chi connectivity index (χ2v) is 11.7. The molecule has 0 fully saturated rings. The van der Waals surface area contributed by atoms with Crippen molar-refractivity contribution in [2.75, 3.05) is 0 Å². The van der Waals surface area contributed by atoms with E-state index in [1.54, 1.807) is 22.8 Å². The van der Waals surface area contributed by atoms with Gasteiger partial charge in [0.1, 0.15) is 5.75 Å². The molecule has 0 spiro atoms. The van der Waals surface area contributed by atoms with Gasteiger partial charge in [0.2, 0.25) is 0 Å². The maximum absolute atomic E-state index is 13.8. The highest BCUT2D eigenvalue weighted by molar-refractivity contribution is 9.11. The third-order valence-electron chi connectivity index (χ3n) is 6.40. The Bertz CT molecular complexity index is 1720. The molecule has 0 amide bonds. The summed E-state index contributed by atoms with van der Waals surface area (Å²) in [5.41, 5.74) is 5.90. The Morgan fingerprint density at radius 2 is 1.86 bits per heavy atom. The third kappa shape index (κ3) is 3.95. The van der Waals surface area contributed by atoms with Crippen molar-refractivity contribution < 1.29 is 5.11 Å². The molecule has 174 valence electrons. The van der Waals surface area contributed by atoms with E-state index in [0.717, 1.165) is 39.7 Å². The summed E-state index contributed by atoms with van der Waals surface area (Å²) in [6.45, 7) is 0. The molecule has 0 saturated carbocycles. The summed E-state index contributed by atoms with van der Waals surface area (Å²) in [6, 6.07) is 19.3. The van der Waals surface area contributed by atoms with E-state index in [0.29, 0.717) is 24.4 Å². The second kappa shape index (κ2) is 8.89. The van der Waals surface area contributed by atoms with Crippen LogP contribution in [0.5, 0.6) is 5.75 Å². The number of halogens is 3. The van der Waals surface area contributed by atoms with Crippen molar-refractivity contribution in [2.24, 2.45) is 4.99 Å². The van der Waals surface area contributed by atoms with Gasteiger partial charge in [0.15, 0.2) is 4.80 Å². The van der Waals surface area contributed by atoms with Crippen molar-refractivity contribution >= 4 is 66.6 Å². The number of aryl methyl sites for hydroxylation is 1. The van der Waals surface area contributed by atoms with Crippen LogP contribution in [0.3, 0.4) is 0 Å². The molecule has 1 atom stereocenters. The van der Waals surface area contributed by atoms with Crippen molar-refractivity contribution in [3.8, 4) is 5.75 Å². The molecule has 1 N–H and O–H groups in total. The van der Waals surface area contributed by atoms with Crippen LogP contribution in [-0.2, 0) is 6.42 Å². The summed E-state index contributed by atoms with van der Waals surface area (Å²) in [5, 5.41) is 11.2. The number of aromatic nitrogens is 1. The van der Waals surface area contributed by atoms with Gasteiger partial charge in [-0.2, -0.15) is 0 Å². The monoisotopic (exact) mass is 626 g/mol.